The van der Waals surface area contributed by atoms with Crippen molar-refractivity contribution in [2.24, 2.45) is 5.14 Å². The lowest BCUT2D eigenvalue weighted by molar-refractivity contribution is 0.418. The molecule has 1 unspecified atom stereocenters. The van der Waals surface area contributed by atoms with Gasteiger partial charge >= 0.3 is 0 Å². The SMILES string of the molecule is CCc1cc(OC)c2nc(Nc3ccc(S(N)=O)cc3)ncc2c1. The number of anilines is 2. The summed E-state index contributed by atoms with van der Waals surface area (Å²) in [7, 11) is 0.149. The molecule has 0 bridgehead atoms. The van der Waals surface area contributed by atoms with Gasteiger partial charge in [0.05, 0.1) is 12.0 Å². The number of aryl methyl sites for hydroxylation is 1. The minimum absolute atomic E-state index is 0.465. The normalized spacial score (nSPS) is 12.1. The molecule has 0 aliphatic carbocycles. The van der Waals surface area contributed by atoms with Gasteiger partial charge in [-0.25, -0.2) is 19.3 Å². The monoisotopic (exact) mass is 342 g/mol. The average molecular weight is 342 g/mol. The Hall–Kier alpha value is -2.51. The van der Waals surface area contributed by atoms with Crippen LogP contribution in [0.3, 0.4) is 0 Å². The fourth-order valence-corrected chi connectivity index (χ4v) is 2.80. The van der Waals surface area contributed by atoms with Crippen LogP contribution in [0.25, 0.3) is 10.9 Å². The zero-order valence-electron chi connectivity index (χ0n) is 13.4. The number of hydrogen-bond donors (Lipinski definition) is 2. The van der Waals surface area contributed by atoms with Crippen LogP contribution < -0.4 is 15.2 Å². The van der Waals surface area contributed by atoms with Crippen LogP contribution >= 0.6 is 0 Å². The van der Waals surface area contributed by atoms with Gasteiger partial charge in [0.1, 0.15) is 22.3 Å². The van der Waals surface area contributed by atoms with E-state index >= 15 is 0 Å². The van der Waals surface area contributed by atoms with Crippen LogP contribution in [0.5, 0.6) is 5.75 Å². The highest BCUT2D eigenvalue weighted by atomic mass is 32.2. The maximum absolute atomic E-state index is 11.2. The van der Waals surface area contributed by atoms with E-state index in [4.69, 9.17) is 9.88 Å². The molecule has 0 aliphatic heterocycles. The summed E-state index contributed by atoms with van der Waals surface area (Å²) in [6.07, 6.45) is 2.69. The third-order valence-electron chi connectivity index (χ3n) is 3.68. The lowest BCUT2D eigenvalue weighted by Gasteiger charge is -2.10. The Morgan fingerprint density at radius 2 is 2.00 bits per heavy atom. The average Bonchev–Trinajstić information content (AvgIpc) is 2.61. The Morgan fingerprint density at radius 1 is 1.25 bits per heavy atom. The van der Waals surface area contributed by atoms with Crippen molar-refractivity contribution in [1.29, 1.82) is 0 Å². The number of methoxy groups -OCH3 is 1. The molecule has 1 aromatic heterocycles. The number of hydrogen-bond acceptors (Lipinski definition) is 5. The molecule has 1 atom stereocenters. The van der Waals surface area contributed by atoms with E-state index in [2.05, 4.69) is 28.3 Å². The summed E-state index contributed by atoms with van der Waals surface area (Å²) in [5, 5.41) is 9.41. The van der Waals surface area contributed by atoms with Gasteiger partial charge < -0.3 is 10.1 Å². The highest BCUT2D eigenvalue weighted by Gasteiger charge is 2.08. The minimum atomic E-state index is -1.49. The fourth-order valence-electron chi connectivity index (χ4n) is 2.39. The topological polar surface area (TPSA) is 90.1 Å². The molecule has 0 spiro atoms. The van der Waals surface area contributed by atoms with Crippen molar-refractivity contribution in [3.8, 4) is 5.75 Å². The van der Waals surface area contributed by atoms with Gasteiger partial charge in [0.25, 0.3) is 0 Å². The highest BCUT2D eigenvalue weighted by Crippen LogP contribution is 2.27. The number of nitrogens with zero attached hydrogens (tertiary/aromatic N) is 2. The van der Waals surface area contributed by atoms with E-state index in [0.717, 1.165) is 28.8 Å². The van der Waals surface area contributed by atoms with Crippen LogP contribution in [0.4, 0.5) is 11.6 Å². The molecule has 0 aliphatic rings. The third kappa shape index (κ3) is 3.37. The summed E-state index contributed by atoms with van der Waals surface area (Å²) >= 11 is 0. The summed E-state index contributed by atoms with van der Waals surface area (Å²) in [4.78, 5) is 9.45. The van der Waals surface area contributed by atoms with Crippen molar-refractivity contribution in [2.45, 2.75) is 18.2 Å². The Balaban J connectivity index is 1.94. The number of nitrogens with one attached hydrogen (secondary N) is 1. The van der Waals surface area contributed by atoms with Crippen molar-refractivity contribution in [2.75, 3.05) is 12.4 Å². The van der Waals surface area contributed by atoms with Crippen molar-refractivity contribution < 1.29 is 8.95 Å². The van der Waals surface area contributed by atoms with Crippen LogP contribution in [-0.4, -0.2) is 21.3 Å². The number of benzene rings is 2. The maximum atomic E-state index is 11.2. The molecule has 0 radical (unpaired) electrons. The van der Waals surface area contributed by atoms with Crippen LogP contribution in [0.2, 0.25) is 0 Å². The lowest BCUT2D eigenvalue weighted by Crippen LogP contribution is -2.03. The number of aromatic nitrogens is 2. The molecule has 0 saturated heterocycles. The molecule has 0 saturated carbocycles. The first-order valence-electron chi connectivity index (χ1n) is 7.47. The van der Waals surface area contributed by atoms with Crippen molar-refractivity contribution in [3.63, 3.8) is 0 Å². The Labute approximate surface area is 142 Å². The standard InChI is InChI=1S/C17H18N4O2S/c1-3-11-8-12-10-19-17(21-16(12)15(9-11)23-2)20-13-4-6-14(7-5-13)24(18)22/h4-10H,3,18H2,1-2H3,(H,19,20,21). The summed E-state index contributed by atoms with van der Waals surface area (Å²) in [6.45, 7) is 2.09. The molecule has 124 valence electrons. The Bertz CT molecular complexity index is 897. The van der Waals surface area contributed by atoms with Crippen LogP contribution in [0, 0.1) is 0 Å². The summed E-state index contributed by atoms with van der Waals surface area (Å²) in [5.74, 6) is 1.19. The lowest BCUT2D eigenvalue weighted by atomic mass is 10.1. The predicted octanol–water partition coefficient (Wildman–Crippen LogP) is 2.93. The molecule has 7 heteroatoms. The smallest absolute Gasteiger partial charge is 0.227 e. The molecule has 3 N–H and O–H groups in total. The number of fused-ring (bicyclic) bond motifs is 1. The zero-order valence-corrected chi connectivity index (χ0v) is 14.3. The van der Waals surface area contributed by atoms with E-state index in [0.29, 0.717) is 10.8 Å². The summed E-state index contributed by atoms with van der Waals surface area (Å²) in [6, 6.07) is 11.0. The van der Waals surface area contributed by atoms with E-state index in [1.165, 1.54) is 5.56 Å². The van der Waals surface area contributed by atoms with Gasteiger partial charge in [-0.2, -0.15) is 0 Å². The first kappa shape index (κ1) is 16.4. The predicted molar refractivity (Wildman–Crippen MR) is 95.8 cm³/mol. The molecular formula is C17H18N4O2S. The molecule has 2 aromatic carbocycles. The molecule has 1 heterocycles. The third-order valence-corrected chi connectivity index (χ3v) is 4.42. The summed E-state index contributed by atoms with van der Waals surface area (Å²) in [5.41, 5.74) is 2.72. The second-order valence-electron chi connectivity index (χ2n) is 5.23. The number of ether oxygens (including phenoxy) is 1. The van der Waals surface area contributed by atoms with E-state index < -0.39 is 11.0 Å². The van der Waals surface area contributed by atoms with E-state index in [-0.39, 0.29) is 0 Å². The second-order valence-corrected chi connectivity index (χ2v) is 6.30. The first-order chi connectivity index (χ1) is 11.6. The van der Waals surface area contributed by atoms with Crippen molar-refractivity contribution >= 4 is 33.5 Å². The molecule has 0 fully saturated rings. The van der Waals surface area contributed by atoms with E-state index in [9.17, 15) is 4.21 Å². The van der Waals surface area contributed by atoms with Gasteiger partial charge in [0.15, 0.2) is 0 Å². The quantitative estimate of drug-likeness (QED) is 0.744. The minimum Gasteiger partial charge on any atom is -0.494 e. The van der Waals surface area contributed by atoms with Crippen molar-refractivity contribution in [3.05, 3.63) is 48.2 Å². The molecule has 3 aromatic rings. The van der Waals surface area contributed by atoms with Gasteiger partial charge in [0, 0.05) is 17.3 Å². The van der Waals surface area contributed by atoms with E-state index in [1.54, 1.807) is 37.6 Å². The fraction of sp³-hybridized carbons (Fsp3) is 0.176. The van der Waals surface area contributed by atoms with Gasteiger partial charge in [0.2, 0.25) is 5.95 Å². The molecular weight excluding hydrogens is 324 g/mol. The maximum Gasteiger partial charge on any atom is 0.227 e. The number of rotatable bonds is 5. The second kappa shape index (κ2) is 6.94. The molecule has 0 amide bonds. The molecule has 3 rings (SSSR count). The van der Waals surface area contributed by atoms with Gasteiger partial charge in [-0.05, 0) is 48.4 Å². The zero-order chi connectivity index (χ0) is 17.1. The van der Waals surface area contributed by atoms with Gasteiger partial charge in [-0.1, -0.05) is 6.92 Å². The first-order valence-corrected chi connectivity index (χ1v) is 8.69. The van der Waals surface area contributed by atoms with Gasteiger partial charge in [-0.15, -0.1) is 0 Å². The molecule has 6 nitrogen and oxygen atoms in total. The van der Waals surface area contributed by atoms with Crippen LogP contribution in [0.15, 0.2) is 47.5 Å². The Morgan fingerprint density at radius 3 is 2.62 bits per heavy atom. The van der Waals surface area contributed by atoms with Crippen LogP contribution in [-0.2, 0) is 17.4 Å². The molecule has 24 heavy (non-hydrogen) atoms. The largest absolute Gasteiger partial charge is 0.494 e. The van der Waals surface area contributed by atoms with E-state index in [1.807, 2.05) is 6.07 Å². The Kier molecular flexibility index (Phi) is 4.73. The number of nitrogens with two attached hydrogens (primary N) is 1. The van der Waals surface area contributed by atoms with Gasteiger partial charge in [-0.3, -0.25) is 0 Å². The summed E-state index contributed by atoms with van der Waals surface area (Å²) < 4.78 is 16.7. The highest BCUT2D eigenvalue weighted by molar-refractivity contribution is 7.82. The van der Waals surface area contributed by atoms with Crippen molar-refractivity contribution in [1.82, 2.24) is 9.97 Å². The van der Waals surface area contributed by atoms with Crippen LogP contribution in [0.1, 0.15) is 12.5 Å².